The summed E-state index contributed by atoms with van der Waals surface area (Å²) in [4.78, 5) is 8.81. The lowest BCUT2D eigenvalue weighted by Crippen LogP contribution is -2.35. The average Bonchev–Trinajstić information content (AvgIpc) is 2.74. The van der Waals surface area contributed by atoms with Crippen LogP contribution in [-0.2, 0) is 7.05 Å². The van der Waals surface area contributed by atoms with Crippen molar-refractivity contribution in [3.63, 3.8) is 0 Å². The summed E-state index contributed by atoms with van der Waals surface area (Å²) in [7, 11) is 2.00. The van der Waals surface area contributed by atoms with Gasteiger partial charge in [0, 0.05) is 19.3 Å². The van der Waals surface area contributed by atoms with E-state index in [0.717, 1.165) is 42.8 Å². The molecular formula is C12H17N5. The molecule has 2 aromatic rings. The van der Waals surface area contributed by atoms with Crippen molar-refractivity contribution in [3.8, 4) is 0 Å². The lowest BCUT2D eigenvalue weighted by atomic mass is 10.1. The molecule has 0 bridgehead atoms. The lowest BCUT2D eigenvalue weighted by molar-refractivity contribution is 0.478. The van der Waals surface area contributed by atoms with E-state index in [1.807, 2.05) is 30.2 Å². The molecule has 3 rings (SSSR count). The van der Waals surface area contributed by atoms with Gasteiger partial charge in [0.25, 0.3) is 0 Å². The van der Waals surface area contributed by atoms with Gasteiger partial charge in [0.1, 0.15) is 5.52 Å². The van der Waals surface area contributed by atoms with Gasteiger partial charge < -0.3 is 15.2 Å². The van der Waals surface area contributed by atoms with Crippen molar-refractivity contribution in [3.05, 3.63) is 18.6 Å². The SMILES string of the molecule is Cn1cnc2c(NC3CCNCC3)nccc21. The second-order valence-corrected chi connectivity index (χ2v) is 4.55. The minimum Gasteiger partial charge on any atom is -0.365 e. The van der Waals surface area contributed by atoms with Gasteiger partial charge in [-0.3, -0.25) is 0 Å². The van der Waals surface area contributed by atoms with Crippen LogP contribution in [0.25, 0.3) is 11.0 Å². The van der Waals surface area contributed by atoms with Crippen LogP contribution in [0.2, 0.25) is 0 Å². The summed E-state index contributed by atoms with van der Waals surface area (Å²) in [6.07, 6.45) is 5.96. The molecule has 90 valence electrons. The number of fused-ring (bicyclic) bond motifs is 1. The Morgan fingerprint density at radius 1 is 1.35 bits per heavy atom. The topological polar surface area (TPSA) is 54.8 Å². The first kappa shape index (κ1) is 10.5. The Morgan fingerprint density at radius 3 is 3.00 bits per heavy atom. The van der Waals surface area contributed by atoms with Gasteiger partial charge in [0.05, 0.1) is 11.8 Å². The standard InChI is InChI=1S/C12H17N5/c1-17-8-15-11-10(17)4-7-14-12(11)16-9-2-5-13-6-3-9/h4,7-9,13H,2-3,5-6H2,1H3,(H,14,16). The maximum Gasteiger partial charge on any atom is 0.154 e. The van der Waals surface area contributed by atoms with E-state index in [1.165, 1.54) is 0 Å². The third-order valence-electron chi connectivity index (χ3n) is 3.32. The molecule has 17 heavy (non-hydrogen) atoms. The molecule has 0 amide bonds. The smallest absolute Gasteiger partial charge is 0.154 e. The van der Waals surface area contributed by atoms with E-state index >= 15 is 0 Å². The van der Waals surface area contributed by atoms with E-state index in [-0.39, 0.29) is 0 Å². The summed E-state index contributed by atoms with van der Waals surface area (Å²) in [6.45, 7) is 2.16. The second-order valence-electron chi connectivity index (χ2n) is 4.55. The van der Waals surface area contributed by atoms with Crippen LogP contribution in [0.5, 0.6) is 0 Å². The van der Waals surface area contributed by atoms with E-state index in [2.05, 4.69) is 20.6 Å². The predicted molar refractivity (Wildman–Crippen MR) is 68.0 cm³/mol. The van der Waals surface area contributed by atoms with Crippen molar-refractivity contribution in [1.82, 2.24) is 19.9 Å². The van der Waals surface area contributed by atoms with Gasteiger partial charge in [0.15, 0.2) is 5.82 Å². The molecule has 3 heterocycles. The number of piperidine rings is 1. The predicted octanol–water partition coefficient (Wildman–Crippen LogP) is 1.13. The first-order valence-electron chi connectivity index (χ1n) is 6.08. The first-order chi connectivity index (χ1) is 8.34. The van der Waals surface area contributed by atoms with Crippen LogP contribution in [0.15, 0.2) is 18.6 Å². The first-order valence-corrected chi connectivity index (χ1v) is 6.08. The molecule has 1 saturated heterocycles. The van der Waals surface area contributed by atoms with Crippen LogP contribution in [0, 0.1) is 0 Å². The van der Waals surface area contributed by atoms with Crippen molar-refractivity contribution in [2.75, 3.05) is 18.4 Å². The number of hydrogen-bond donors (Lipinski definition) is 2. The molecule has 0 aliphatic carbocycles. The van der Waals surface area contributed by atoms with Crippen LogP contribution in [0.3, 0.4) is 0 Å². The maximum atomic E-state index is 4.41. The summed E-state index contributed by atoms with van der Waals surface area (Å²) in [6, 6.07) is 2.51. The Bertz CT molecular complexity index is 513. The number of nitrogens with zero attached hydrogens (tertiary/aromatic N) is 3. The van der Waals surface area contributed by atoms with Crippen LogP contribution in [0.4, 0.5) is 5.82 Å². The molecule has 0 spiro atoms. The highest BCUT2D eigenvalue weighted by atomic mass is 15.1. The average molecular weight is 231 g/mol. The van der Waals surface area contributed by atoms with Gasteiger partial charge in [-0.05, 0) is 32.0 Å². The Morgan fingerprint density at radius 2 is 2.18 bits per heavy atom. The highest BCUT2D eigenvalue weighted by Crippen LogP contribution is 2.20. The van der Waals surface area contributed by atoms with Crippen molar-refractivity contribution in [1.29, 1.82) is 0 Å². The Hall–Kier alpha value is -1.62. The highest BCUT2D eigenvalue weighted by Gasteiger charge is 2.15. The molecule has 0 unspecified atom stereocenters. The number of hydrogen-bond acceptors (Lipinski definition) is 4. The summed E-state index contributed by atoms with van der Waals surface area (Å²) >= 11 is 0. The van der Waals surface area contributed by atoms with Crippen molar-refractivity contribution in [2.45, 2.75) is 18.9 Å². The third kappa shape index (κ3) is 1.98. The number of nitrogens with one attached hydrogen (secondary N) is 2. The molecule has 2 N–H and O–H groups in total. The van der Waals surface area contributed by atoms with Gasteiger partial charge in [0.2, 0.25) is 0 Å². The van der Waals surface area contributed by atoms with Crippen molar-refractivity contribution >= 4 is 16.9 Å². The van der Waals surface area contributed by atoms with Crippen molar-refractivity contribution < 1.29 is 0 Å². The second kappa shape index (κ2) is 4.33. The molecule has 0 saturated carbocycles. The fraction of sp³-hybridized carbons (Fsp3) is 0.500. The van der Waals surface area contributed by atoms with Crippen LogP contribution in [0.1, 0.15) is 12.8 Å². The summed E-state index contributed by atoms with van der Waals surface area (Å²) in [5.74, 6) is 0.912. The molecule has 0 aromatic carbocycles. The number of anilines is 1. The zero-order chi connectivity index (χ0) is 11.7. The van der Waals surface area contributed by atoms with Gasteiger partial charge in [-0.2, -0.15) is 0 Å². The Balaban J connectivity index is 1.89. The van der Waals surface area contributed by atoms with E-state index < -0.39 is 0 Å². The molecule has 0 atom stereocenters. The molecule has 1 aliphatic rings. The third-order valence-corrected chi connectivity index (χ3v) is 3.32. The zero-order valence-corrected chi connectivity index (χ0v) is 9.98. The molecule has 0 radical (unpaired) electrons. The molecule has 1 fully saturated rings. The number of rotatable bonds is 2. The fourth-order valence-corrected chi connectivity index (χ4v) is 2.33. The fourth-order valence-electron chi connectivity index (χ4n) is 2.33. The summed E-state index contributed by atoms with van der Waals surface area (Å²) in [5, 5.41) is 6.87. The van der Waals surface area contributed by atoms with Gasteiger partial charge >= 0.3 is 0 Å². The van der Waals surface area contributed by atoms with Crippen LogP contribution >= 0.6 is 0 Å². The van der Waals surface area contributed by atoms with Crippen LogP contribution < -0.4 is 10.6 Å². The van der Waals surface area contributed by atoms with E-state index in [9.17, 15) is 0 Å². The van der Waals surface area contributed by atoms with Gasteiger partial charge in [-0.25, -0.2) is 9.97 Å². The van der Waals surface area contributed by atoms with E-state index in [4.69, 9.17) is 0 Å². The number of aryl methyl sites for hydroxylation is 1. The number of aromatic nitrogens is 3. The molecular weight excluding hydrogens is 214 g/mol. The minimum absolute atomic E-state index is 0.511. The van der Waals surface area contributed by atoms with Gasteiger partial charge in [-0.15, -0.1) is 0 Å². The monoisotopic (exact) mass is 231 g/mol. The summed E-state index contributed by atoms with van der Waals surface area (Å²) in [5.41, 5.74) is 2.09. The normalized spacial score (nSPS) is 17.5. The molecule has 2 aromatic heterocycles. The Labute approximate surface area is 100 Å². The van der Waals surface area contributed by atoms with E-state index in [1.54, 1.807) is 0 Å². The minimum atomic E-state index is 0.511. The quantitative estimate of drug-likeness (QED) is 0.813. The van der Waals surface area contributed by atoms with E-state index in [0.29, 0.717) is 6.04 Å². The maximum absolute atomic E-state index is 4.41. The molecule has 1 aliphatic heterocycles. The summed E-state index contributed by atoms with van der Waals surface area (Å²) < 4.78 is 2.02. The largest absolute Gasteiger partial charge is 0.365 e. The zero-order valence-electron chi connectivity index (χ0n) is 9.98. The molecule has 5 nitrogen and oxygen atoms in total. The van der Waals surface area contributed by atoms with Crippen LogP contribution in [-0.4, -0.2) is 33.7 Å². The van der Waals surface area contributed by atoms with Crippen molar-refractivity contribution in [2.24, 2.45) is 7.05 Å². The lowest BCUT2D eigenvalue weighted by Gasteiger charge is -2.24. The number of pyridine rings is 1. The Kier molecular flexibility index (Phi) is 2.68. The number of imidazole rings is 1. The highest BCUT2D eigenvalue weighted by molar-refractivity contribution is 5.85. The molecule has 5 heteroatoms. The van der Waals surface area contributed by atoms with Gasteiger partial charge in [-0.1, -0.05) is 0 Å².